The van der Waals surface area contributed by atoms with E-state index in [4.69, 9.17) is 4.74 Å². The number of benzene rings is 2. The van der Waals surface area contributed by atoms with Crippen molar-refractivity contribution in [1.82, 2.24) is 25.8 Å². The molecule has 3 saturated heterocycles. The number of carbonyl (C=O) groups excluding carboxylic acids is 5. The van der Waals surface area contributed by atoms with E-state index in [1.54, 1.807) is 11.8 Å². The molecule has 0 spiro atoms. The number of piperidine rings is 1. The predicted octanol–water partition coefficient (Wildman–Crippen LogP) is 6.32. The number of ether oxygens (including phenoxy) is 1. The first-order valence-electron chi connectivity index (χ1n) is 22.6. The van der Waals surface area contributed by atoms with Crippen LogP contribution in [0.2, 0.25) is 0 Å². The molecule has 11 nitrogen and oxygen atoms in total. The summed E-state index contributed by atoms with van der Waals surface area (Å²) in [7, 11) is 0. The smallest absolute Gasteiger partial charge is 0.246 e. The molecule has 3 aliphatic heterocycles. The molecule has 4 amide bonds. The van der Waals surface area contributed by atoms with Crippen molar-refractivity contribution in [3.8, 4) is 0 Å². The third-order valence-corrected chi connectivity index (χ3v) is 12.3. The Kier molecular flexibility index (Phi) is 18.0. The lowest BCUT2D eigenvalue weighted by Crippen LogP contribution is -2.57. The van der Waals surface area contributed by atoms with Gasteiger partial charge in [-0.1, -0.05) is 113 Å². The van der Waals surface area contributed by atoms with E-state index in [0.29, 0.717) is 38.7 Å². The van der Waals surface area contributed by atoms with Crippen LogP contribution in [0.15, 0.2) is 60.7 Å². The summed E-state index contributed by atoms with van der Waals surface area (Å²) in [6.07, 6.45) is 14.1. The van der Waals surface area contributed by atoms with Gasteiger partial charge in [0.25, 0.3) is 0 Å². The minimum atomic E-state index is -0.912. The molecular formula is C48H71N5O6. The van der Waals surface area contributed by atoms with E-state index >= 15 is 0 Å². The van der Waals surface area contributed by atoms with E-state index in [0.717, 1.165) is 30.4 Å². The van der Waals surface area contributed by atoms with Crippen LogP contribution in [-0.2, 0) is 41.6 Å². The SMILES string of the molecule is CC(C)CC(NC(=O)[C@H](Cc1ccccc1)N1C(=O)C(NC(=O)[C@H](CCc2ccccc2)NC(=O)CCCCCCCCCN2CCCCC2)CC1C)C(=O)C1(C)CO1. The summed E-state index contributed by atoms with van der Waals surface area (Å²) in [5.74, 6) is -1.37. The molecule has 0 radical (unpaired) electrons. The fourth-order valence-electron chi connectivity index (χ4n) is 8.73. The second kappa shape index (κ2) is 23.1. The lowest BCUT2D eigenvalue weighted by molar-refractivity contribution is -0.142. The zero-order valence-electron chi connectivity index (χ0n) is 36.2. The number of likely N-dealkylation sites (tertiary alicyclic amines) is 2. The number of ketones is 1. The summed E-state index contributed by atoms with van der Waals surface area (Å²) in [5.41, 5.74) is 1.02. The van der Waals surface area contributed by atoms with Gasteiger partial charge in [0.05, 0.1) is 12.6 Å². The van der Waals surface area contributed by atoms with Crippen LogP contribution in [-0.4, -0.2) is 101 Å². The molecule has 3 N–H and O–H groups in total. The highest BCUT2D eigenvalue weighted by Crippen LogP contribution is 2.30. The maximum absolute atomic E-state index is 14.3. The van der Waals surface area contributed by atoms with Gasteiger partial charge in [-0.25, -0.2) is 0 Å². The van der Waals surface area contributed by atoms with Crippen molar-refractivity contribution >= 4 is 29.4 Å². The maximum Gasteiger partial charge on any atom is 0.246 e. The molecule has 11 heteroatoms. The number of carbonyl (C=O) groups is 5. The predicted molar refractivity (Wildman–Crippen MR) is 231 cm³/mol. The van der Waals surface area contributed by atoms with Gasteiger partial charge in [-0.3, -0.25) is 24.0 Å². The Hall–Kier alpha value is -4.09. The fraction of sp³-hybridized carbons (Fsp3) is 0.646. The number of unbranched alkanes of at least 4 members (excludes halogenated alkanes) is 6. The fourth-order valence-corrected chi connectivity index (χ4v) is 8.73. The molecule has 2 aromatic rings. The molecule has 5 rings (SSSR count). The molecule has 0 bridgehead atoms. The Morgan fingerprint density at radius 1 is 0.797 bits per heavy atom. The van der Waals surface area contributed by atoms with Crippen molar-refractivity contribution < 1.29 is 28.7 Å². The van der Waals surface area contributed by atoms with Gasteiger partial charge in [0.15, 0.2) is 5.78 Å². The summed E-state index contributed by atoms with van der Waals surface area (Å²) in [4.78, 5) is 73.4. The van der Waals surface area contributed by atoms with Gasteiger partial charge in [0.2, 0.25) is 23.6 Å². The van der Waals surface area contributed by atoms with Gasteiger partial charge < -0.3 is 30.5 Å². The molecule has 2 aromatic carbocycles. The van der Waals surface area contributed by atoms with Crippen LogP contribution >= 0.6 is 0 Å². The second-order valence-corrected chi connectivity index (χ2v) is 17.9. The molecule has 3 fully saturated rings. The first kappa shape index (κ1) is 46.0. The maximum atomic E-state index is 14.3. The number of epoxide rings is 1. The average molecular weight is 814 g/mol. The normalized spacial score (nSPS) is 22.1. The molecule has 59 heavy (non-hydrogen) atoms. The van der Waals surface area contributed by atoms with Gasteiger partial charge in [-0.2, -0.15) is 0 Å². The minimum absolute atomic E-state index is 0.135. The summed E-state index contributed by atoms with van der Waals surface area (Å²) < 4.78 is 5.45. The molecule has 324 valence electrons. The van der Waals surface area contributed by atoms with Gasteiger partial charge in [-0.05, 0) is 102 Å². The lowest BCUT2D eigenvalue weighted by atomic mass is 9.92. The van der Waals surface area contributed by atoms with Gasteiger partial charge >= 0.3 is 0 Å². The Morgan fingerprint density at radius 3 is 2.03 bits per heavy atom. The van der Waals surface area contributed by atoms with Crippen molar-refractivity contribution in [2.75, 3.05) is 26.2 Å². The standard InChI is InChI=1S/C48H71N5O6/c1-35(2)31-40(44(55)48(4)34-59-48)50-46(57)42(33-38-23-15-11-16-24-38)53-36(3)32-41(47(53)58)51-45(56)39(27-26-37-21-13-10-14-22-37)49-43(54)25-17-8-6-5-7-9-18-28-52-29-19-12-20-30-52/h10-11,13-16,21-24,35-36,39-42H,5-9,12,17-20,25-34H2,1-4H3,(H,49,54)(H,50,57)(H,51,56)/t36?,39-,40?,41?,42-,48?/m0/s1. The van der Waals surface area contributed by atoms with E-state index in [-0.39, 0.29) is 36.0 Å². The summed E-state index contributed by atoms with van der Waals surface area (Å²) in [6.45, 7) is 11.7. The van der Waals surface area contributed by atoms with Crippen molar-refractivity contribution in [3.63, 3.8) is 0 Å². The quantitative estimate of drug-likeness (QED) is 0.0788. The Balaban J connectivity index is 1.17. The summed E-state index contributed by atoms with van der Waals surface area (Å²) in [6, 6.07) is 15.6. The van der Waals surface area contributed by atoms with Crippen LogP contribution in [0.4, 0.5) is 0 Å². The molecule has 0 saturated carbocycles. The van der Waals surface area contributed by atoms with Crippen molar-refractivity contribution in [2.24, 2.45) is 5.92 Å². The molecule has 3 aliphatic rings. The summed E-state index contributed by atoms with van der Waals surface area (Å²) >= 11 is 0. The molecular weight excluding hydrogens is 743 g/mol. The molecule has 0 aliphatic carbocycles. The zero-order valence-corrected chi connectivity index (χ0v) is 36.2. The van der Waals surface area contributed by atoms with Crippen LogP contribution in [0.3, 0.4) is 0 Å². The van der Waals surface area contributed by atoms with E-state index in [1.807, 2.05) is 81.4 Å². The van der Waals surface area contributed by atoms with Gasteiger partial charge in [-0.15, -0.1) is 0 Å². The summed E-state index contributed by atoms with van der Waals surface area (Å²) in [5, 5.41) is 8.98. The Labute approximate surface area is 353 Å². The number of hydrogen-bond acceptors (Lipinski definition) is 7. The molecule has 6 atom stereocenters. The number of amides is 4. The number of nitrogens with one attached hydrogen (secondary N) is 3. The largest absolute Gasteiger partial charge is 0.361 e. The van der Waals surface area contributed by atoms with Crippen LogP contribution < -0.4 is 16.0 Å². The van der Waals surface area contributed by atoms with Crippen molar-refractivity contribution in [2.45, 2.75) is 166 Å². The lowest BCUT2D eigenvalue weighted by Gasteiger charge is -2.33. The molecule has 0 aromatic heterocycles. The molecule has 4 unspecified atom stereocenters. The van der Waals surface area contributed by atoms with E-state index in [1.165, 1.54) is 64.6 Å². The second-order valence-electron chi connectivity index (χ2n) is 17.9. The number of nitrogens with zero attached hydrogens (tertiary/aromatic N) is 2. The van der Waals surface area contributed by atoms with Crippen LogP contribution in [0, 0.1) is 5.92 Å². The monoisotopic (exact) mass is 814 g/mol. The van der Waals surface area contributed by atoms with Crippen LogP contribution in [0.5, 0.6) is 0 Å². The van der Waals surface area contributed by atoms with Gasteiger partial charge in [0, 0.05) is 18.9 Å². The number of aryl methyl sites for hydroxylation is 1. The van der Waals surface area contributed by atoms with Crippen LogP contribution in [0.25, 0.3) is 0 Å². The zero-order chi connectivity index (χ0) is 42.2. The van der Waals surface area contributed by atoms with Crippen molar-refractivity contribution in [1.29, 1.82) is 0 Å². The highest BCUT2D eigenvalue weighted by Gasteiger charge is 2.51. The highest BCUT2D eigenvalue weighted by molar-refractivity contribution is 5.99. The van der Waals surface area contributed by atoms with E-state index in [2.05, 4.69) is 20.9 Å². The topological polar surface area (TPSA) is 140 Å². The first-order chi connectivity index (χ1) is 28.4. The van der Waals surface area contributed by atoms with Crippen molar-refractivity contribution in [3.05, 3.63) is 71.8 Å². The molecule has 3 heterocycles. The average Bonchev–Trinajstić information content (AvgIpc) is 3.92. The Morgan fingerprint density at radius 2 is 1.41 bits per heavy atom. The third-order valence-electron chi connectivity index (χ3n) is 12.3. The van der Waals surface area contributed by atoms with E-state index < -0.39 is 41.6 Å². The third kappa shape index (κ3) is 14.6. The number of hydrogen-bond donors (Lipinski definition) is 3. The van der Waals surface area contributed by atoms with Crippen LogP contribution in [0.1, 0.15) is 129 Å². The van der Waals surface area contributed by atoms with Gasteiger partial charge in [0.1, 0.15) is 23.7 Å². The van der Waals surface area contributed by atoms with E-state index in [9.17, 15) is 24.0 Å². The first-order valence-corrected chi connectivity index (χ1v) is 22.6. The minimum Gasteiger partial charge on any atom is -0.361 e. The highest BCUT2D eigenvalue weighted by atomic mass is 16.6. The number of rotatable bonds is 25. The Bertz CT molecular complexity index is 1640. The number of Topliss-reactive ketones (excluding diaryl/α,β-unsaturated/α-hetero) is 1.